The number of hydrogen-bond acceptors (Lipinski definition) is 3. The Morgan fingerprint density at radius 1 is 1.11 bits per heavy atom. The largest absolute Gasteiger partial charge is 0.334 e. The number of benzene rings is 2. The number of rotatable bonds is 4. The van der Waals surface area contributed by atoms with Crippen molar-refractivity contribution in [2.75, 3.05) is 13.1 Å². The average Bonchev–Trinajstić information content (AvgIpc) is 3.23. The predicted octanol–water partition coefficient (Wildman–Crippen LogP) is 3.63. The van der Waals surface area contributed by atoms with Crippen LogP contribution < -0.4 is 5.32 Å². The standard InChI is InChI=1S/C21H22FN5O/c22-18-8-4-5-16(13-18)14-23-21(28)26-11-9-19(10-12-26)27-15-20(24-25-27)17-6-2-1-3-7-17/h1-8,13,15,19H,9-12,14H2,(H,23,28). The summed E-state index contributed by atoms with van der Waals surface area (Å²) in [5.41, 5.74) is 2.65. The molecule has 0 unspecified atom stereocenters. The van der Waals surface area contributed by atoms with Crippen LogP contribution in [0.1, 0.15) is 24.4 Å². The molecule has 0 spiro atoms. The van der Waals surface area contributed by atoms with Crippen molar-refractivity contribution in [2.24, 2.45) is 0 Å². The molecule has 0 atom stereocenters. The number of urea groups is 1. The number of likely N-dealkylation sites (tertiary alicyclic amines) is 1. The van der Waals surface area contributed by atoms with E-state index in [4.69, 9.17) is 0 Å². The summed E-state index contributed by atoms with van der Waals surface area (Å²) in [6.45, 7) is 1.63. The van der Waals surface area contributed by atoms with E-state index in [0.29, 0.717) is 19.6 Å². The number of amides is 2. The minimum atomic E-state index is -0.296. The van der Waals surface area contributed by atoms with Crippen LogP contribution in [-0.4, -0.2) is 39.0 Å². The molecule has 4 rings (SSSR count). The monoisotopic (exact) mass is 379 g/mol. The summed E-state index contributed by atoms with van der Waals surface area (Å²) in [4.78, 5) is 14.2. The van der Waals surface area contributed by atoms with Crippen molar-refractivity contribution in [1.29, 1.82) is 0 Å². The highest BCUT2D eigenvalue weighted by Gasteiger charge is 2.24. The highest BCUT2D eigenvalue weighted by Crippen LogP contribution is 2.24. The van der Waals surface area contributed by atoms with Gasteiger partial charge in [-0.15, -0.1) is 5.10 Å². The molecule has 2 heterocycles. The first-order valence-electron chi connectivity index (χ1n) is 9.43. The van der Waals surface area contributed by atoms with Gasteiger partial charge in [0.1, 0.15) is 11.5 Å². The molecule has 3 aromatic rings. The first kappa shape index (κ1) is 18.2. The highest BCUT2D eigenvalue weighted by molar-refractivity contribution is 5.74. The summed E-state index contributed by atoms with van der Waals surface area (Å²) in [6.07, 6.45) is 3.62. The zero-order chi connectivity index (χ0) is 19.3. The Morgan fingerprint density at radius 3 is 2.64 bits per heavy atom. The molecule has 28 heavy (non-hydrogen) atoms. The van der Waals surface area contributed by atoms with Crippen LogP contribution in [0.5, 0.6) is 0 Å². The van der Waals surface area contributed by atoms with Crippen LogP contribution in [0.4, 0.5) is 9.18 Å². The summed E-state index contributed by atoms with van der Waals surface area (Å²) in [5.74, 6) is -0.296. The van der Waals surface area contributed by atoms with Gasteiger partial charge in [-0.3, -0.25) is 0 Å². The van der Waals surface area contributed by atoms with Crippen LogP contribution >= 0.6 is 0 Å². The zero-order valence-corrected chi connectivity index (χ0v) is 15.5. The molecule has 1 aliphatic heterocycles. The van der Waals surface area contributed by atoms with Gasteiger partial charge in [-0.2, -0.15) is 0 Å². The molecule has 0 bridgehead atoms. The molecule has 2 amide bonds. The maximum atomic E-state index is 13.2. The van der Waals surface area contributed by atoms with Gasteiger partial charge in [0.15, 0.2) is 0 Å². The van der Waals surface area contributed by atoms with Crippen molar-refractivity contribution in [2.45, 2.75) is 25.4 Å². The van der Waals surface area contributed by atoms with Crippen molar-refractivity contribution < 1.29 is 9.18 Å². The second-order valence-corrected chi connectivity index (χ2v) is 6.96. The molecule has 1 fully saturated rings. The lowest BCUT2D eigenvalue weighted by Crippen LogP contribution is -2.44. The molecular formula is C21H22FN5O. The summed E-state index contributed by atoms with van der Waals surface area (Å²) >= 11 is 0. The van der Waals surface area contributed by atoms with Crippen LogP contribution in [0.2, 0.25) is 0 Å². The molecule has 144 valence electrons. The second-order valence-electron chi connectivity index (χ2n) is 6.96. The van der Waals surface area contributed by atoms with E-state index >= 15 is 0 Å². The first-order chi connectivity index (χ1) is 13.7. The number of nitrogens with zero attached hydrogens (tertiary/aromatic N) is 4. The molecule has 1 saturated heterocycles. The van der Waals surface area contributed by atoms with E-state index in [1.807, 2.05) is 41.2 Å². The third kappa shape index (κ3) is 4.19. The Labute approximate surface area is 163 Å². The maximum Gasteiger partial charge on any atom is 0.317 e. The Kier molecular flexibility index (Phi) is 5.32. The molecule has 1 aliphatic rings. The lowest BCUT2D eigenvalue weighted by Gasteiger charge is -2.31. The van der Waals surface area contributed by atoms with Crippen molar-refractivity contribution in [3.8, 4) is 11.3 Å². The molecular weight excluding hydrogens is 357 g/mol. The van der Waals surface area contributed by atoms with E-state index in [9.17, 15) is 9.18 Å². The fourth-order valence-corrected chi connectivity index (χ4v) is 3.47. The Hall–Kier alpha value is -3.22. The minimum absolute atomic E-state index is 0.119. The number of aromatic nitrogens is 3. The molecule has 0 saturated carbocycles. The van der Waals surface area contributed by atoms with E-state index in [-0.39, 0.29) is 17.9 Å². The van der Waals surface area contributed by atoms with E-state index in [1.165, 1.54) is 12.1 Å². The fraction of sp³-hybridized carbons (Fsp3) is 0.286. The van der Waals surface area contributed by atoms with Gasteiger partial charge in [0.25, 0.3) is 0 Å². The third-order valence-corrected chi connectivity index (χ3v) is 5.04. The smallest absolute Gasteiger partial charge is 0.317 e. The lowest BCUT2D eigenvalue weighted by atomic mass is 10.1. The van der Waals surface area contributed by atoms with Gasteiger partial charge in [0.05, 0.1) is 12.2 Å². The normalized spacial score (nSPS) is 14.8. The van der Waals surface area contributed by atoms with Crippen LogP contribution in [0, 0.1) is 5.82 Å². The highest BCUT2D eigenvalue weighted by atomic mass is 19.1. The van der Waals surface area contributed by atoms with Gasteiger partial charge in [0.2, 0.25) is 0 Å². The van der Waals surface area contributed by atoms with Gasteiger partial charge in [-0.05, 0) is 30.5 Å². The molecule has 7 heteroatoms. The second kappa shape index (κ2) is 8.21. The van der Waals surface area contributed by atoms with E-state index in [2.05, 4.69) is 15.6 Å². The quantitative estimate of drug-likeness (QED) is 0.753. The van der Waals surface area contributed by atoms with Gasteiger partial charge >= 0.3 is 6.03 Å². The number of carbonyl (C=O) groups excluding carboxylic acids is 1. The maximum absolute atomic E-state index is 13.2. The van der Waals surface area contributed by atoms with Gasteiger partial charge in [0, 0.05) is 25.2 Å². The molecule has 1 aromatic heterocycles. The van der Waals surface area contributed by atoms with Crippen molar-refractivity contribution in [1.82, 2.24) is 25.2 Å². The summed E-state index contributed by atoms with van der Waals surface area (Å²) in [5, 5.41) is 11.4. The molecule has 0 radical (unpaired) electrons. The van der Waals surface area contributed by atoms with Crippen LogP contribution in [0.15, 0.2) is 60.8 Å². The lowest BCUT2D eigenvalue weighted by molar-refractivity contribution is 0.167. The topological polar surface area (TPSA) is 63.1 Å². The van der Waals surface area contributed by atoms with E-state index in [0.717, 1.165) is 29.7 Å². The van der Waals surface area contributed by atoms with Crippen molar-refractivity contribution >= 4 is 6.03 Å². The first-order valence-corrected chi connectivity index (χ1v) is 9.43. The van der Waals surface area contributed by atoms with Crippen LogP contribution in [-0.2, 0) is 6.54 Å². The molecule has 0 aliphatic carbocycles. The average molecular weight is 379 g/mol. The fourth-order valence-electron chi connectivity index (χ4n) is 3.47. The molecule has 2 aromatic carbocycles. The van der Waals surface area contributed by atoms with E-state index in [1.54, 1.807) is 17.0 Å². The third-order valence-electron chi connectivity index (χ3n) is 5.04. The van der Waals surface area contributed by atoms with Crippen LogP contribution in [0.3, 0.4) is 0 Å². The van der Waals surface area contributed by atoms with Crippen molar-refractivity contribution in [3.63, 3.8) is 0 Å². The summed E-state index contributed by atoms with van der Waals surface area (Å²) < 4.78 is 15.1. The SMILES string of the molecule is O=C(NCc1cccc(F)c1)N1CCC(n2cc(-c3ccccc3)nn2)CC1. The summed E-state index contributed by atoms with van der Waals surface area (Å²) in [7, 11) is 0. The van der Waals surface area contributed by atoms with Gasteiger partial charge in [-0.25, -0.2) is 13.9 Å². The molecule has 6 nitrogen and oxygen atoms in total. The van der Waals surface area contributed by atoms with Crippen molar-refractivity contribution in [3.05, 3.63) is 72.2 Å². The number of carbonyl (C=O) groups is 1. The van der Waals surface area contributed by atoms with Crippen LogP contribution in [0.25, 0.3) is 11.3 Å². The minimum Gasteiger partial charge on any atom is -0.334 e. The number of halogens is 1. The Bertz CT molecular complexity index is 935. The molecule has 1 N–H and O–H groups in total. The summed E-state index contributed by atoms with van der Waals surface area (Å²) in [6, 6.07) is 16.3. The number of piperidine rings is 1. The van der Waals surface area contributed by atoms with Gasteiger partial charge < -0.3 is 10.2 Å². The van der Waals surface area contributed by atoms with Gasteiger partial charge in [-0.1, -0.05) is 47.7 Å². The zero-order valence-electron chi connectivity index (χ0n) is 15.5. The van der Waals surface area contributed by atoms with E-state index < -0.39 is 0 Å². The number of hydrogen-bond donors (Lipinski definition) is 1. The predicted molar refractivity (Wildman–Crippen MR) is 104 cm³/mol. The Morgan fingerprint density at radius 2 is 1.89 bits per heavy atom. The number of nitrogens with one attached hydrogen (secondary N) is 1. The Balaban J connectivity index is 1.30.